The lowest BCUT2D eigenvalue weighted by Gasteiger charge is -2.27. The number of nitrogens with two attached hydrogens (primary N) is 2. The van der Waals surface area contributed by atoms with Crippen molar-refractivity contribution in [3.05, 3.63) is 29.8 Å². The van der Waals surface area contributed by atoms with Crippen LogP contribution in [0.25, 0.3) is 0 Å². The van der Waals surface area contributed by atoms with Crippen LogP contribution in [0.4, 0.5) is 5.69 Å². The van der Waals surface area contributed by atoms with Gasteiger partial charge in [0.2, 0.25) is 11.8 Å². The SMILES string of the molecule is NC(=O)C1CCCC(NC(=O)Cc2ccc(N)cc2)C1. The second kappa shape index (κ2) is 6.41. The van der Waals surface area contributed by atoms with Gasteiger partial charge in [0.05, 0.1) is 6.42 Å². The van der Waals surface area contributed by atoms with Crippen LogP contribution in [0.1, 0.15) is 31.2 Å². The number of benzene rings is 1. The number of primary amides is 1. The van der Waals surface area contributed by atoms with Gasteiger partial charge in [0, 0.05) is 17.6 Å². The maximum Gasteiger partial charge on any atom is 0.224 e. The average Bonchev–Trinajstić information content (AvgIpc) is 2.41. The summed E-state index contributed by atoms with van der Waals surface area (Å²) in [5, 5.41) is 2.99. The predicted molar refractivity (Wildman–Crippen MR) is 77.6 cm³/mol. The van der Waals surface area contributed by atoms with E-state index in [1.54, 1.807) is 12.1 Å². The van der Waals surface area contributed by atoms with E-state index < -0.39 is 0 Å². The van der Waals surface area contributed by atoms with Gasteiger partial charge in [0.1, 0.15) is 0 Å². The number of nitrogen functional groups attached to an aromatic ring is 1. The van der Waals surface area contributed by atoms with Crippen LogP contribution in [0.5, 0.6) is 0 Å². The van der Waals surface area contributed by atoms with Gasteiger partial charge in [-0.05, 0) is 37.0 Å². The molecule has 0 aliphatic heterocycles. The molecule has 20 heavy (non-hydrogen) atoms. The highest BCUT2D eigenvalue weighted by Crippen LogP contribution is 2.24. The van der Waals surface area contributed by atoms with E-state index in [9.17, 15) is 9.59 Å². The van der Waals surface area contributed by atoms with Gasteiger partial charge in [0.15, 0.2) is 0 Å². The van der Waals surface area contributed by atoms with E-state index in [0.717, 1.165) is 24.8 Å². The summed E-state index contributed by atoms with van der Waals surface area (Å²) in [6.07, 6.45) is 3.66. The molecule has 1 aromatic carbocycles. The molecule has 5 heteroatoms. The summed E-state index contributed by atoms with van der Waals surface area (Å²) >= 11 is 0. The maximum atomic E-state index is 12.0. The number of anilines is 1. The van der Waals surface area contributed by atoms with E-state index in [1.807, 2.05) is 12.1 Å². The first-order chi connectivity index (χ1) is 9.54. The van der Waals surface area contributed by atoms with E-state index in [-0.39, 0.29) is 23.8 Å². The maximum absolute atomic E-state index is 12.0. The zero-order valence-corrected chi connectivity index (χ0v) is 11.5. The lowest BCUT2D eigenvalue weighted by molar-refractivity contribution is -0.125. The lowest BCUT2D eigenvalue weighted by atomic mass is 9.85. The lowest BCUT2D eigenvalue weighted by Crippen LogP contribution is -2.41. The third-order valence-electron chi connectivity index (χ3n) is 3.79. The monoisotopic (exact) mass is 275 g/mol. The fourth-order valence-corrected chi connectivity index (χ4v) is 2.68. The number of rotatable bonds is 4. The zero-order chi connectivity index (χ0) is 14.5. The Balaban J connectivity index is 1.85. The van der Waals surface area contributed by atoms with E-state index in [0.29, 0.717) is 18.5 Å². The predicted octanol–water partition coefficient (Wildman–Crippen LogP) is 0.972. The minimum Gasteiger partial charge on any atom is -0.399 e. The van der Waals surface area contributed by atoms with Crippen molar-refractivity contribution in [3.63, 3.8) is 0 Å². The first-order valence-corrected chi connectivity index (χ1v) is 6.97. The number of hydrogen-bond acceptors (Lipinski definition) is 3. The highest BCUT2D eigenvalue weighted by Gasteiger charge is 2.26. The van der Waals surface area contributed by atoms with Crippen molar-refractivity contribution in [2.75, 3.05) is 5.73 Å². The summed E-state index contributed by atoms with van der Waals surface area (Å²) in [6, 6.07) is 7.32. The molecule has 1 saturated carbocycles. The van der Waals surface area contributed by atoms with Crippen molar-refractivity contribution < 1.29 is 9.59 Å². The van der Waals surface area contributed by atoms with Crippen molar-refractivity contribution in [1.29, 1.82) is 0 Å². The smallest absolute Gasteiger partial charge is 0.224 e. The molecule has 1 aromatic rings. The molecule has 2 unspecified atom stereocenters. The van der Waals surface area contributed by atoms with Crippen LogP contribution in [-0.4, -0.2) is 17.9 Å². The van der Waals surface area contributed by atoms with Gasteiger partial charge in [-0.25, -0.2) is 0 Å². The van der Waals surface area contributed by atoms with Gasteiger partial charge in [0.25, 0.3) is 0 Å². The Morgan fingerprint density at radius 2 is 1.90 bits per heavy atom. The Bertz CT molecular complexity index is 484. The fourth-order valence-electron chi connectivity index (χ4n) is 2.68. The Morgan fingerprint density at radius 1 is 1.20 bits per heavy atom. The van der Waals surface area contributed by atoms with Crippen molar-refractivity contribution in [2.45, 2.75) is 38.1 Å². The van der Waals surface area contributed by atoms with E-state index >= 15 is 0 Å². The third-order valence-corrected chi connectivity index (χ3v) is 3.79. The number of nitrogens with one attached hydrogen (secondary N) is 1. The fraction of sp³-hybridized carbons (Fsp3) is 0.467. The third kappa shape index (κ3) is 3.98. The Morgan fingerprint density at radius 3 is 2.55 bits per heavy atom. The first kappa shape index (κ1) is 14.4. The summed E-state index contributed by atoms with van der Waals surface area (Å²) in [4.78, 5) is 23.2. The van der Waals surface area contributed by atoms with Gasteiger partial charge < -0.3 is 16.8 Å². The van der Waals surface area contributed by atoms with Gasteiger partial charge in [-0.1, -0.05) is 18.6 Å². The number of carbonyl (C=O) groups is 2. The second-order valence-corrected chi connectivity index (χ2v) is 5.45. The van der Waals surface area contributed by atoms with Gasteiger partial charge in [-0.15, -0.1) is 0 Å². The zero-order valence-electron chi connectivity index (χ0n) is 11.5. The Kier molecular flexibility index (Phi) is 4.61. The standard InChI is InChI=1S/C15H21N3O2/c16-12-6-4-10(5-7-12)8-14(19)18-13-3-1-2-11(9-13)15(17)20/h4-7,11,13H,1-3,8-9,16H2,(H2,17,20)(H,18,19). The highest BCUT2D eigenvalue weighted by atomic mass is 16.2. The summed E-state index contributed by atoms with van der Waals surface area (Å²) in [5.74, 6) is -0.391. The minimum absolute atomic E-state index is 0.0232. The number of carbonyl (C=O) groups excluding carboxylic acids is 2. The summed E-state index contributed by atoms with van der Waals surface area (Å²) in [7, 11) is 0. The van der Waals surface area contributed by atoms with Crippen molar-refractivity contribution >= 4 is 17.5 Å². The first-order valence-electron chi connectivity index (χ1n) is 6.97. The minimum atomic E-state index is -0.262. The largest absolute Gasteiger partial charge is 0.399 e. The van der Waals surface area contributed by atoms with Crippen molar-refractivity contribution in [1.82, 2.24) is 5.32 Å². The highest BCUT2D eigenvalue weighted by molar-refractivity contribution is 5.79. The molecule has 2 amide bonds. The summed E-state index contributed by atoms with van der Waals surface area (Å²) in [5.41, 5.74) is 12.6. The summed E-state index contributed by atoms with van der Waals surface area (Å²) < 4.78 is 0. The van der Waals surface area contributed by atoms with E-state index in [1.165, 1.54) is 0 Å². The van der Waals surface area contributed by atoms with Crippen LogP contribution in [0.2, 0.25) is 0 Å². The molecule has 0 spiro atoms. The molecular weight excluding hydrogens is 254 g/mol. The van der Waals surface area contributed by atoms with Gasteiger partial charge in [-0.3, -0.25) is 9.59 Å². The molecule has 0 heterocycles. The van der Waals surface area contributed by atoms with Crippen LogP contribution in [-0.2, 0) is 16.0 Å². The van der Waals surface area contributed by atoms with Crippen LogP contribution < -0.4 is 16.8 Å². The molecule has 2 atom stereocenters. The molecule has 1 aliphatic carbocycles. The quantitative estimate of drug-likeness (QED) is 0.714. The number of amides is 2. The van der Waals surface area contributed by atoms with Crippen molar-refractivity contribution in [3.8, 4) is 0 Å². The molecule has 5 N–H and O–H groups in total. The normalized spacial score (nSPS) is 22.2. The molecule has 0 aromatic heterocycles. The number of hydrogen-bond donors (Lipinski definition) is 3. The molecule has 0 bridgehead atoms. The van der Waals surface area contributed by atoms with Gasteiger partial charge in [-0.2, -0.15) is 0 Å². The van der Waals surface area contributed by atoms with Gasteiger partial charge >= 0.3 is 0 Å². The molecule has 5 nitrogen and oxygen atoms in total. The average molecular weight is 275 g/mol. The van der Waals surface area contributed by atoms with Crippen LogP contribution >= 0.6 is 0 Å². The molecular formula is C15H21N3O2. The van der Waals surface area contributed by atoms with E-state index in [4.69, 9.17) is 11.5 Å². The topological polar surface area (TPSA) is 98.2 Å². The molecule has 0 radical (unpaired) electrons. The van der Waals surface area contributed by atoms with Crippen molar-refractivity contribution in [2.24, 2.45) is 11.7 Å². The Hall–Kier alpha value is -2.04. The second-order valence-electron chi connectivity index (χ2n) is 5.45. The summed E-state index contributed by atoms with van der Waals surface area (Å²) in [6.45, 7) is 0. The van der Waals surface area contributed by atoms with Crippen LogP contribution in [0, 0.1) is 5.92 Å². The Labute approximate surface area is 118 Å². The molecule has 1 fully saturated rings. The molecule has 108 valence electrons. The molecule has 2 rings (SSSR count). The van der Waals surface area contributed by atoms with E-state index in [2.05, 4.69) is 5.32 Å². The molecule has 0 saturated heterocycles. The van der Waals surface area contributed by atoms with Crippen LogP contribution in [0.15, 0.2) is 24.3 Å². The van der Waals surface area contributed by atoms with Crippen LogP contribution in [0.3, 0.4) is 0 Å². The molecule has 1 aliphatic rings.